The SMILES string of the molecule is C[C@H](NC(=O)CSCc1ccc(Cl)c(Cl)c1)c1ccc2c(c1)CCC2. The van der Waals surface area contributed by atoms with Crippen molar-refractivity contribution >= 4 is 40.9 Å². The van der Waals surface area contributed by atoms with Gasteiger partial charge in [0.2, 0.25) is 5.91 Å². The van der Waals surface area contributed by atoms with Crippen LogP contribution in [0.15, 0.2) is 36.4 Å². The van der Waals surface area contributed by atoms with E-state index < -0.39 is 0 Å². The Morgan fingerprint density at radius 3 is 2.72 bits per heavy atom. The highest BCUT2D eigenvalue weighted by atomic mass is 35.5. The van der Waals surface area contributed by atoms with E-state index in [1.54, 1.807) is 17.8 Å². The van der Waals surface area contributed by atoms with Crippen LogP contribution in [-0.4, -0.2) is 11.7 Å². The van der Waals surface area contributed by atoms with Crippen molar-refractivity contribution in [3.8, 4) is 0 Å². The molecule has 0 spiro atoms. The third kappa shape index (κ3) is 4.93. The number of hydrogen-bond acceptors (Lipinski definition) is 2. The number of thioether (sulfide) groups is 1. The van der Waals surface area contributed by atoms with Gasteiger partial charge in [-0.05, 0) is 60.6 Å². The maximum absolute atomic E-state index is 12.2. The lowest BCUT2D eigenvalue weighted by molar-refractivity contribution is -0.119. The van der Waals surface area contributed by atoms with Gasteiger partial charge in [-0.25, -0.2) is 0 Å². The van der Waals surface area contributed by atoms with E-state index in [-0.39, 0.29) is 11.9 Å². The maximum Gasteiger partial charge on any atom is 0.230 e. The number of benzene rings is 2. The molecular formula is C20H21Cl2NOS. The Morgan fingerprint density at radius 1 is 1.12 bits per heavy atom. The Balaban J connectivity index is 1.48. The van der Waals surface area contributed by atoms with Gasteiger partial charge in [-0.3, -0.25) is 4.79 Å². The number of hydrogen-bond donors (Lipinski definition) is 1. The topological polar surface area (TPSA) is 29.1 Å². The van der Waals surface area contributed by atoms with Crippen LogP contribution < -0.4 is 5.32 Å². The van der Waals surface area contributed by atoms with E-state index in [0.717, 1.165) is 17.7 Å². The van der Waals surface area contributed by atoms with Gasteiger partial charge in [-0.2, -0.15) is 0 Å². The number of rotatable bonds is 6. The van der Waals surface area contributed by atoms with Gasteiger partial charge in [0, 0.05) is 5.75 Å². The second-order valence-corrected chi connectivity index (χ2v) is 8.21. The fourth-order valence-electron chi connectivity index (χ4n) is 3.12. The first-order valence-corrected chi connectivity index (χ1v) is 10.4. The standard InChI is InChI=1S/C20H21Cl2NOS/c1-13(16-7-6-15-3-2-4-17(15)10-16)23-20(24)12-25-11-14-5-8-18(21)19(22)9-14/h5-10,13H,2-4,11-12H2,1H3,(H,23,24)/t13-/m0/s1. The van der Waals surface area contributed by atoms with Crippen LogP contribution in [0, 0.1) is 0 Å². The van der Waals surface area contributed by atoms with Gasteiger partial charge < -0.3 is 5.32 Å². The molecule has 0 saturated carbocycles. The van der Waals surface area contributed by atoms with E-state index in [1.165, 1.54) is 29.5 Å². The zero-order chi connectivity index (χ0) is 17.8. The van der Waals surface area contributed by atoms with Gasteiger partial charge in [0.25, 0.3) is 0 Å². The number of carbonyl (C=O) groups excluding carboxylic acids is 1. The summed E-state index contributed by atoms with van der Waals surface area (Å²) >= 11 is 13.5. The Morgan fingerprint density at radius 2 is 1.92 bits per heavy atom. The van der Waals surface area contributed by atoms with Crippen molar-refractivity contribution in [3.63, 3.8) is 0 Å². The van der Waals surface area contributed by atoms with Gasteiger partial charge in [0.05, 0.1) is 21.8 Å². The molecule has 1 aliphatic carbocycles. The maximum atomic E-state index is 12.2. The highest BCUT2D eigenvalue weighted by Crippen LogP contribution is 2.26. The fraction of sp³-hybridized carbons (Fsp3) is 0.350. The summed E-state index contributed by atoms with van der Waals surface area (Å²) in [6, 6.07) is 12.2. The third-order valence-electron chi connectivity index (χ3n) is 4.49. The Labute approximate surface area is 163 Å². The second-order valence-electron chi connectivity index (χ2n) is 6.41. The van der Waals surface area contributed by atoms with Crippen LogP contribution in [0.3, 0.4) is 0 Å². The average Bonchev–Trinajstić information content (AvgIpc) is 3.05. The largest absolute Gasteiger partial charge is 0.349 e. The van der Waals surface area contributed by atoms with Crippen LogP contribution >= 0.6 is 35.0 Å². The summed E-state index contributed by atoms with van der Waals surface area (Å²) < 4.78 is 0. The number of nitrogens with one attached hydrogen (secondary N) is 1. The molecule has 1 amide bonds. The van der Waals surface area contributed by atoms with Crippen molar-refractivity contribution in [2.75, 3.05) is 5.75 Å². The van der Waals surface area contributed by atoms with Crippen molar-refractivity contribution < 1.29 is 4.79 Å². The lowest BCUT2D eigenvalue weighted by atomic mass is 10.0. The summed E-state index contributed by atoms with van der Waals surface area (Å²) in [6.07, 6.45) is 3.58. The van der Waals surface area contributed by atoms with Crippen molar-refractivity contribution in [2.24, 2.45) is 0 Å². The average molecular weight is 394 g/mol. The van der Waals surface area contributed by atoms with Crippen molar-refractivity contribution in [3.05, 3.63) is 68.7 Å². The number of amides is 1. The minimum atomic E-state index is 0.0315. The van der Waals surface area contributed by atoms with E-state index in [0.29, 0.717) is 15.8 Å². The number of aryl methyl sites for hydroxylation is 2. The molecule has 2 nitrogen and oxygen atoms in total. The third-order valence-corrected chi connectivity index (χ3v) is 6.23. The molecular weight excluding hydrogens is 373 g/mol. The van der Waals surface area contributed by atoms with E-state index in [4.69, 9.17) is 23.2 Å². The van der Waals surface area contributed by atoms with E-state index >= 15 is 0 Å². The number of carbonyl (C=O) groups is 1. The van der Waals surface area contributed by atoms with Crippen molar-refractivity contribution in [2.45, 2.75) is 38.0 Å². The van der Waals surface area contributed by atoms with E-state index in [9.17, 15) is 4.79 Å². The molecule has 0 aliphatic heterocycles. The Bertz CT molecular complexity index is 778. The molecule has 0 fully saturated rings. The molecule has 3 rings (SSSR count). The van der Waals surface area contributed by atoms with Crippen molar-refractivity contribution in [1.29, 1.82) is 0 Å². The zero-order valence-electron chi connectivity index (χ0n) is 14.1. The van der Waals surface area contributed by atoms with Crippen molar-refractivity contribution in [1.82, 2.24) is 5.32 Å². The summed E-state index contributed by atoms with van der Waals surface area (Å²) in [5.74, 6) is 1.21. The Hall–Kier alpha value is -1.16. The minimum Gasteiger partial charge on any atom is -0.349 e. The molecule has 132 valence electrons. The minimum absolute atomic E-state index is 0.0315. The molecule has 25 heavy (non-hydrogen) atoms. The van der Waals surface area contributed by atoms with Crippen LogP contribution in [0.1, 0.15) is 41.6 Å². The molecule has 0 heterocycles. The van der Waals surface area contributed by atoms with Crippen LogP contribution in [0.25, 0.3) is 0 Å². The van der Waals surface area contributed by atoms with Gasteiger partial charge in [0.15, 0.2) is 0 Å². The summed E-state index contributed by atoms with van der Waals surface area (Å²) in [5.41, 5.74) is 5.15. The second kappa shape index (κ2) is 8.48. The molecule has 1 N–H and O–H groups in total. The first-order valence-electron chi connectivity index (χ1n) is 8.45. The first kappa shape index (κ1) is 18.6. The summed E-state index contributed by atoms with van der Waals surface area (Å²) in [7, 11) is 0. The first-order chi connectivity index (χ1) is 12.0. The van der Waals surface area contributed by atoms with Crippen LogP contribution in [0.2, 0.25) is 10.0 Å². The Kier molecular flexibility index (Phi) is 6.32. The quantitative estimate of drug-likeness (QED) is 0.692. The monoisotopic (exact) mass is 393 g/mol. The zero-order valence-corrected chi connectivity index (χ0v) is 16.5. The molecule has 0 unspecified atom stereocenters. The van der Waals surface area contributed by atoms with Crippen LogP contribution in [0.5, 0.6) is 0 Å². The molecule has 0 aromatic heterocycles. The summed E-state index contributed by atoms with van der Waals surface area (Å²) in [6.45, 7) is 2.04. The lowest BCUT2D eigenvalue weighted by Gasteiger charge is -2.15. The van der Waals surface area contributed by atoms with E-state index in [1.807, 2.05) is 19.1 Å². The van der Waals surface area contributed by atoms with Gasteiger partial charge in [0.1, 0.15) is 0 Å². The van der Waals surface area contributed by atoms with Gasteiger partial charge in [-0.1, -0.05) is 47.5 Å². The molecule has 1 atom stereocenters. The molecule has 0 radical (unpaired) electrons. The van der Waals surface area contributed by atoms with Crippen LogP contribution in [-0.2, 0) is 23.4 Å². The molecule has 5 heteroatoms. The highest BCUT2D eigenvalue weighted by Gasteiger charge is 2.15. The molecule has 0 saturated heterocycles. The number of halogens is 2. The normalized spacial score (nSPS) is 14.2. The molecule has 0 bridgehead atoms. The van der Waals surface area contributed by atoms with E-state index in [2.05, 4.69) is 23.5 Å². The van der Waals surface area contributed by atoms with Gasteiger partial charge >= 0.3 is 0 Å². The van der Waals surface area contributed by atoms with Gasteiger partial charge in [-0.15, -0.1) is 11.8 Å². The summed E-state index contributed by atoms with van der Waals surface area (Å²) in [5, 5.41) is 4.19. The smallest absolute Gasteiger partial charge is 0.230 e. The summed E-state index contributed by atoms with van der Waals surface area (Å²) in [4.78, 5) is 12.2. The van der Waals surface area contributed by atoms with Crippen LogP contribution in [0.4, 0.5) is 0 Å². The predicted molar refractivity (Wildman–Crippen MR) is 108 cm³/mol. The number of fused-ring (bicyclic) bond motifs is 1. The molecule has 1 aliphatic rings. The highest BCUT2D eigenvalue weighted by molar-refractivity contribution is 7.99. The molecule has 2 aromatic rings. The lowest BCUT2D eigenvalue weighted by Crippen LogP contribution is -2.28. The predicted octanol–water partition coefficient (Wildman–Crippen LogP) is 5.59. The fourth-order valence-corrected chi connectivity index (χ4v) is 4.23. The molecule has 2 aromatic carbocycles.